The summed E-state index contributed by atoms with van der Waals surface area (Å²) in [7, 11) is 0. The normalized spacial score (nSPS) is 19.9. The van der Waals surface area contributed by atoms with Crippen LogP contribution in [0.5, 0.6) is 5.75 Å². The molecule has 0 radical (unpaired) electrons. The molecule has 3 atom stereocenters. The second kappa shape index (κ2) is 9.24. The number of benzene rings is 1. The molecular formula is C27H27F3N4O. The lowest BCUT2D eigenvalue weighted by atomic mass is 9.70. The molecule has 3 heterocycles. The molecule has 0 bridgehead atoms. The van der Waals surface area contributed by atoms with Crippen molar-refractivity contribution in [3.05, 3.63) is 89.6 Å². The van der Waals surface area contributed by atoms with Gasteiger partial charge in [-0.1, -0.05) is 51.1 Å². The van der Waals surface area contributed by atoms with Crippen LogP contribution in [0.4, 0.5) is 13.2 Å². The average molecular weight is 481 g/mol. The van der Waals surface area contributed by atoms with E-state index in [2.05, 4.69) is 48.1 Å². The van der Waals surface area contributed by atoms with E-state index in [0.29, 0.717) is 0 Å². The fourth-order valence-corrected chi connectivity index (χ4v) is 4.38. The zero-order chi connectivity index (χ0) is 25.4. The minimum absolute atomic E-state index is 0.111. The SMILES string of the molecule is CC1C=C(C(F)(F)F)N=N[C@@H]1c1ccc(C(C)(c2ccc(-c3cncc(O)c3)cc2)C(C)C)nc1. The van der Waals surface area contributed by atoms with Gasteiger partial charge in [-0.15, -0.1) is 0 Å². The van der Waals surface area contributed by atoms with E-state index >= 15 is 0 Å². The Kier molecular flexibility index (Phi) is 6.49. The number of nitrogens with zero attached hydrogens (tertiary/aromatic N) is 4. The standard InChI is InChI=1S/C27H27F3N4O/c1-16(2)26(4,21-8-5-18(6-9-21)20-12-22(35)15-31-13-20)23-10-7-19(14-32-23)25-17(3)11-24(33-34-25)27(28,29)30/h5-17,25,35H,1-4H3/t17?,25-,26?/m0/s1. The van der Waals surface area contributed by atoms with Crippen LogP contribution in [-0.4, -0.2) is 21.3 Å². The van der Waals surface area contributed by atoms with Crippen molar-refractivity contribution in [2.45, 2.75) is 45.3 Å². The molecule has 1 N–H and O–H groups in total. The van der Waals surface area contributed by atoms with Gasteiger partial charge >= 0.3 is 6.18 Å². The van der Waals surface area contributed by atoms with Gasteiger partial charge in [-0.05, 0) is 47.7 Å². The number of aromatic nitrogens is 2. The van der Waals surface area contributed by atoms with E-state index in [-0.39, 0.29) is 11.7 Å². The molecule has 35 heavy (non-hydrogen) atoms. The number of hydrogen-bond donors (Lipinski definition) is 1. The zero-order valence-electron chi connectivity index (χ0n) is 20.0. The summed E-state index contributed by atoms with van der Waals surface area (Å²) in [6.45, 7) is 8.09. The molecule has 2 aromatic heterocycles. The number of allylic oxidation sites excluding steroid dienone is 1. The number of pyridine rings is 2. The number of hydrogen-bond acceptors (Lipinski definition) is 5. The zero-order valence-corrected chi connectivity index (χ0v) is 20.0. The monoisotopic (exact) mass is 480 g/mol. The summed E-state index contributed by atoms with van der Waals surface area (Å²) in [5, 5.41) is 17.1. The number of aromatic hydroxyl groups is 1. The van der Waals surface area contributed by atoms with Crippen LogP contribution in [0.2, 0.25) is 0 Å². The van der Waals surface area contributed by atoms with Crippen molar-refractivity contribution in [3.8, 4) is 16.9 Å². The van der Waals surface area contributed by atoms with E-state index < -0.39 is 29.2 Å². The van der Waals surface area contributed by atoms with Crippen LogP contribution in [0.3, 0.4) is 0 Å². The Morgan fingerprint density at radius 1 is 0.943 bits per heavy atom. The van der Waals surface area contributed by atoms with Crippen LogP contribution in [0.1, 0.15) is 50.6 Å². The van der Waals surface area contributed by atoms with Crippen molar-refractivity contribution in [2.24, 2.45) is 22.1 Å². The van der Waals surface area contributed by atoms with Gasteiger partial charge in [0, 0.05) is 29.3 Å². The minimum Gasteiger partial charge on any atom is -0.506 e. The summed E-state index contributed by atoms with van der Waals surface area (Å²) in [5.41, 5.74) is 3.06. The summed E-state index contributed by atoms with van der Waals surface area (Å²) in [6.07, 6.45) is 1.40. The van der Waals surface area contributed by atoms with E-state index in [1.54, 1.807) is 25.4 Å². The van der Waals surface area contributed by atoms with E-state index in [0.717, 1.165) is 34.0 Å². The van der Waals surface area contributed by atoms with Crippen LogP contribution < -0.4 is 0 Å². The third kappa shape index (κ3) is 4.83. The highest BCUT2D eigenvalue weighted by atomic mass is 19.4. The minimum atomic E-state index is -4.50. The van der Waals surface area contributed by atoms with Gasteiger partial charge in [-0.3, -0.25) is 9.97 Å². The van der Waals surface area contributed by atoms with Gasteiger partial charge < -0.3 is 5.11 Å². The Bertz CT molecular complexity index is 1250. The topological polar surface area (TPSA) is 70.7 Å². The molecule has 0 fully saturated rings. The van der Waals surface area contributed by atoms with Gasteiger partial charge in [0.05, 0.1) is 11.9 Å². The second-order valence-corrected chi connectivity index (χ2v) is 9.41. The number of azo groups is 1. The van der Waals surface area contributed by atoms with Crippen LogP contribution in [0.25, 0.3) is 11.1 Å². The maximum absolute atomic E-state index is 13.0. The predicted octanol–water partition coefficient (Wildman–Crippen LogP) is 7.40. The largest absolute Gasteiger partial charge is 0.506 e. The molecule has 0 aliphatic carbocycles. The first kappa shape index (κ1) is 24.6. The highest BCUT2D eigenvalue weighted by Crippen LogP contribution is 2.41. The summed E-state index contributed by atoms with van der Waals surface area (Å²) in [6, 6.07) is 13.1. The van der Waals surface area contributed by atoms with Crippen LogP contribution in [0, 0.1) is 11.8 Å². The van der Waals surface area contributed by atoms with Gasteiger partial charge in [0.1, 0.15) is 11.8 Å². The first-order chi connectivity index (χ1) is 16.5. The third-order valence-electron chi connectivity index (χ3n) is 6.86. The molecule has 4 rings (SSSR count). The molecule has 182 valence electrons. The van der Waals surface area contributed by atoms with E-state index in [1.165, 1.54) is 6.20 Å². The van der Waals surface area contributed by atoms with E-state index in [1.807, 2.05) is 24.3 Å². The van der Waals surface area contributed by atoms with E-state index in [9.17, 15) is 18.3 Å². The molecule has 0 amide bonds. The quantitative estimate of drug-likeness (QED) is 0.414. The van der Waals surface area contributed by atoms with Crippen LogP contribution in [-0.2, 0) is 5.41 Å². The molecule has 1 aliphatic rings. The predicted molar refractivity (Wildman–Crippen MR) is 128 cm³/mol. The molecule has 8 heteroatoms. The van der Waals surface area contributed by atoms with Crippen molar-refractivity contribution >= 4 is 0 Å². The average Bonchev–Trinajstić information content (AvgIpc) is 2.83. The number of rotatable bonds is 5. The summed E-state index contributed by atoms with van der Waals surface area (Å²) in [5.74, 6) is -0.132. The van der Waals surface area contributed by atoms with Crippen molar-refractivity contribution in [3.63, 3.8) is 0 Å². The maximum Gasteiger partial charge on any atom is 0.434 e. The Hall–Kier alpha value is -3.55. The van der Waals surface area contributed by atoms with Gasteiger partial charge in [-0.2, -0.15) is 23.4 Å². The first-order valence-electron chi connectivity index (χ1n) is 11.4. The van der Waals surface area contributed by atoms with Crippen molar-refractivity contribution in [2.75, 3.05) is 0 Å². The molecule has 0 spiro atoms. The molecular weight excluding hydrogens is 453 g/mol. The van der Waals surface area contributed by atoms with E-state index in [4.69, 9.17) is 4.98 Å². The Morgan fingerprint density at radius 2 is 1.66 bits per heavy atom. The highest BCUT2D eigenvalue weighted by Gasteiger charge is 2.38. The molecule has 2 unspecified atom stereocenters. The van der Waals surface area contributed by atoms with Crippen molar-refractivity contribution < 1.29 is 18.3 Å². The lowest BCUT2D eigenvalue weighted by Crippen LogP contribution is -2.31. The molecule has 0 saturated carbocycles. The second-order valence-electron chi connectivity index (χ2n) is 9.41. The summed E-state index contributed by atoms with van der Waals surface area (Å²) in [4.78, 5) is 8.77. The molecule has 1 aliphatic heterocycles. The highest BCUT2D eigenvalue weighted by molar-refractivity contribution is 5.64. The Morgan fingerprint density at radius 3 is 2.20 bits per heavy atom. The van der Waals surface area contributed by atoms with Gasteiger partial charge in [-0.25, -0.2) is 0 Å². The maximum atomic E-state index is 13.0. The number of halogens is 3. The summed E-state index contributed by atoms with van der Waals surface area (Å²) < 4.78 is 38.9. The smallest absolute Gasteiger partial charge is 0.434 e. The lowest BCUT2D eigenvalue weighted by molar-refractivity contribution is -0.0943. The van der Waals surface area contributed by atoms with Crippen molar-refractivity contribution in [1.82, 2.24) is 9.97 Å². The third-order valence-corrected chi connectivity index (χ3v) is 6.86. The van der Waals surface area contributed by atoms with Gasteiger partial charge in [0.15, 0.2) is 5.70 Å². The molecule has 3 aromatic rings. The molecule has 1 aromatic carbocycles. The Balaban J connectivity index is 1.61. The van der Waals surface area contributed by atoms with Crippen LogP contribution >= 0.6 is 0 Å². The number of alkyl halides is 3. The van der Waals surface area contributed by atoms with Crippen LogP contribution in [0.15, 0.2) is 83.1 Å². The lowest BCUT2D eigenvalue weighted by Gasteiger charge is -2.34. The summed E-state index contributed by atoms with van der Waals surface area (Å²) >= 11 is 0. The van der Waals surface area contributed by atoms with Gasteiger partial charge in [0.25, 0.3) is 0 Å². The Labute approximate surface area is 202 Å². The molecule has 0 saturated heterocycles. The molecule has 5 nitrogen and oxygen atoms in total. The fraction of sp³-hybridized carbons (Fsp3) is 0.333. The first-order valence-corrected chi connectivity index (χ1v) is 11.4. The van der Waals surface area contributed by atoms with Gasteiger partial charge in [0.2, 0.25) is 0 Å². The van der Waals surface area contributed by atoms with Crippen molar-refractivity contribution in [1.29, 1.82) is 0 Å². The fourth-order valence-electron chi connectivity index (χ4n) is 4.38.